The lowest BCUT2D eigenvalue weighted by molar-refractivity contribution is 0.0331. The van der Waals surface area contributed by atoms with E-state index in [0.717, 1.165) is 55.9 Å². The van der Waals surface area contributed by atoms with Crippen molar-refractivity contribution in [1.29, 1.82) is 0 Å². The maximum atomic E-state index is 5.47. The van der Waals surface area contributed by atoms with Crippen LogP contribution in [0.1, 0.15) is 36.5 Å². The summed E-state index contributed by atoms with van der Waals surface area (Å²) in [6, 6.07) is 0.536. The maximum Gasteiger partial charge on any atom is 0.146 e. The molecule has 0 radical (unpaired) electrons. The fourth-order valence-corrected chi connectivity index (χ4v) is 4.95. The molecule has 2 fully saturated rings. The number of nitrogens with zero attached hydrogens (tertiary/aromatic N) is 4. The number of ether oxygens (including phenoxy) is 1. The van der Waals surface area contributed by atoms with Crippen LogP contribution in [0.3, 0.4) is 0 Å². The zero-order valence-electron chi connectivity index (χ0n) is 15.7. The molecule has 0 N–H and O–H groups in total. The second-order valence-electron chi connectivity index (χ2n) is 7.52. The predicted molar refractivity (Wildman–Crippen MR) is 104 cm³/mol. The van der Waals surface area contributed by atoms with Crippen molar-refractivity contribution in [3.63, 3.8) is 0 Å². The van der Waals surface area contributed by atoms with Crippen LogP contribution >= 0.6 is 11.3 Å². The fraction of sp³-hybridized carbons (Fsp3) is 0.684. The van der Waals surface area contributed by atoms with Crippen LogP contribution in [0.5, 0.6) is 0 Å². The summed E-state index contributed by atoms with van der Waals surface area (Å²) >= 11 is 1.81. The van der Waals surface area contributed by atoms with Gasteiger partial charge >= 0.3 is 0 Å². The number of anilines is 1. The molecule has 0 saturated carbocycles. The van der Waals surface area contributed by atoms with Crippen molar-refractivity contribution in [2.24, 2.45) is 5.92 Å². The minimum absolute atomic E-state index is 0.536. The van der Waals surface area contributed by atoms with Gasteiger partial charge in [-0.15, -0.1) is 11.3 Å². The molecule has 2 unspecified atom stereocenters. The number of fused-ring (bicyclic) bond motifs is 1. The van der Waals surface area contributed by atoms with E-state index < -0.39 is 0 Å². The Morgan fingerprint density at radius 3 is 2.56 bits per heavy atom. The maximum absolute atomic E-state index is 5.47. The van der Waals surface area contributed by atoms with E-state index in [9.17, 15) is 0 Å². The van der Waals surface area contributed by atoms with E-state index in [0.29, 0.717) is 12.0 Å². The van der Waals surface area contributed by atoms with Gasteiger partial charge in [-0.2, -0.15) is 0 Å². The molecular weight excluding hydrogens is 332 g/mol. The third kappa shape index (κ3) is 3.15. The molecule has 0 amide bonds. The van der Waals surface area contributed by atoms with Crippen molar-refractivity contribution in [2.75, 3.05) is 37.7 Å². The molecule has 136 valence electrons. The van der Waals surface area contributed by atoms with Gasteiger partial charge in [-0.25, -0.2) is 9.97 Å². The highest BCUT2D eigenvalue weighted by atomic mass is 32.1. The molecule has 2 aliphatic heterocycles. The SMILES string of the molecule is Cc1sc2nc(CN3CCOCC3)nc(N3CCC(C)C3C)c2c1C. The van der Waals surface area contributed by atoms with E-state index in [1.807, 2.05) is 11.3 Å². The molecule has 4 rings (SSSR count). The van der Waals surface area contributed by atoms with E-state index in [4.69, 9.17) is 14.7 Å². The average molecular weight is 361 g/mol. The Bertz CT molecular complexity index is 768. The van der Waals surface area contributed by atoms with Gasteiger partial charge in [0.15, 0.2) is 0 Å². The largest absolute Gasteiger partial charge is 0.379 e. The van der Waals surface area contributed by atoms with Crippen molar-refractivity contribution in [2.45, 2.75) is 46.7 Å². The van der Waals surface area contributed by atoms with Crippen LogP contribution in [-0.4, -0.2) is 53.8 Å². The van der Waals surface area contributed by atoms with Gasteiger partial charge in [-0.05, 0) is 38.7 Å². The molecule has 2 atom stereocenters. The Morgan fingerprint density at radius 2 is 1.88 bits per heavy atom. The Labute approximate surface area is 154 Å². The van der Waals surface area contributed by atoms with Crippen LogP contribution in [0.25, 0.3) is 10.2 Å². The van der Waals surface area contributed by atoms with Crippen molar-refractivity contribution < 1.29 is 4.74 Å². The smallest absolute Gasteiger partial charge is 0.146 e. The first kappa shape index (κ1) is 17.2. The van der Waals surface area contributed by atoms with Crippen LogP contribution in [0.2, 0.25) is 0 Å². The molecule has 0 aromatic carbocycles. The molecular formula is C19H28N4OS. The van der Waals surface area contributed by atoms with Crippen molar-refractivity contribution in [3.05, 3.63) is 16.3 Å². The van der Waals surface area contributed by atoms with E-state index in [-0.39, 0.29) is 0 Å². The number of morpholine rings is 1. The highest BCUT2D eigenvalue weighted by Crippen LogP contribution is 2.38. The Hall–Kier alpha value is -1.24. The summed E-state index contributed by atoms with van der Waals surface area (Å²) in [6.45, 7) is 14.6. The molecule has 25 heavy (non-hydrogen) atoms. The summed E-state index contributed by atoms with van der Waals surface area (Å²) in [6.07, 6.45) is 1.24. The summed E-state index contributed by atoms with van der Waals surface area (Å²) < 4.78 is 5.47. The summed E-state index contributed by atoms with van der Waals surface area (Å²) in [5, 5.41) is 1.27. The first-order valence-corrected chi connectivity index (χ1v) is 10.2. The minimum atomic E-state index is 0.536. The normalized spacial score (nSPS) is 25.2. The van der Waals surface area contributed by atoms with Gasteiger partial charge in [0.2, 0.25) is 0 Å². The predicted octanol–water partition coefficient (Wildman–Crippen LogP) is 3.38. The molecule has 2 aromatic heterocycles. The second-order valence-corrected chi connectivity index (χ2v) is 8.72. The Balaban J connectivity index is 1.75. The van der Waals surface area contributed by atoms with Crippen LogP contribution in [0, 0.1) is 19.8 Å². The summed E-state index contributed by atoms with van der Waals surface area (Å²) in [4.78, 5) is 17.4. The van der Waals surface area contributed by atoms with Gasteiger partial charge in [-0.3, -0.25) is 4.90 Å². The van der Waals surface area contributed by atoms with Crippen molar-refractivity contribution in [3.8, 4) is 0 Å². The number of hydrogen-bond donors (Lipinski definition) is 0. The van der Waals surface area contributed by atoms with Crippen LogP contribution in [-0.2, 0) is 11.3 Å². The highest BCUT2D eigenvalue weighted by Gasteiger charge is 2.31. The monoisotopic (exact) mass is 360 g/mol. The summed E-state index contributed by atoms with van der Waals surface area (Å²) in [7, 11) is 0. The molecule has 0 spiro atoms. The Kier molecular flexibility index (Phi) is 4.69. The number of thiophene rings is 1. The average Bonchev–Trinajstić information content (AvgIpc) is 3.08. The quantitative estimate of drug-likeness (QED) is 0.839. The third-order valence-electron chi connectivity index (χ3n) is 5.94. The molecule has 6 heteroatoms. The van der Waals surface area contributed by atoms with Crippen LogP contribution < -0.4 is 4.90 Å². The van der Waals surface area contributed by atoms with Gasteiger partial charge in [0.25, 0.3) is 0 Å². The van der Waals surface area contributed by atoms with Crippen LogP contribution in [0.4, 0.5) is 5.82 Å². The highest BCUT2D eigenvalue weighted by molar-refractivity contribution is 7.18. The van der Waals surface area contributed by atoms with Crippen LogP contribution in [0.15, 0.2) is 0 Å². The lowest BCUT2D eigenvalue weighted by Crippen LogP contribution is -2.36. The first-order chi connectivity index (χ1) is 12.0. The topological polar surface area (TPSA) is 41.5 Å². The Morgan fingerprint density at radius 1 is 1.12 bits per heavy atom. The van der Waals surface area contributed by atoms with Gasteiger partial charge in [0.05, 0.1) is 25.1 Å². The number of rotatable bonds is 3. The van der Waals surface area contributed by atoms with Gasteiger partial charge in [-0.1, -0.05) is 6.92 Å². The van der Waals surface area contributed by atoms with E-state index >= 15 is 0 Å². The van der Waals surface area contributed by atoms with Gasteiger partial charge < -0.3 is 9.64 Å². The van der Waals surface area contributed by atoms with Crippen molar-refractivity contribution in [1.82, 2.24) is 14.9 Å². The zero-order valence-corrected chi connectivity index (χ0v) is 16.5. The molecule has 0 aliphatic carbocycles. The molecule has 2 aromatic rings. The van der Waals surface area contributed by atoms with Gasteiger partial charge in [0, 0.05) is 30.6 Å². The molecule has 5 nitrogen and oxygen atoms in total. The lowest BCUT2D eigenvalue weighted by atomic mass is 10.1. The van der Waals surface area contributed by atoms with Crippen molar-refractivity contribution >= 4 is 27.4 Å². The minimum Gasteiger partial charge on any atom is -0.379 e. The van der Waals surface area contributed by atoms with E-state index in [1.165, 1.54) is 22.2 Å². The number of aryl methyl sites for hydroxylation is 2. The molecule has 2 saturated heterocycles. The third-order valence-corrected chi connectivity index (χ3v) is 7.04. The van der Waals surface area contributed by atoms with Gasteiger partial charge in [0.1, 0.15) is 16.5 Å². The van der Waals surface area contributed by atoms with E-state index in [2.05, 4.69) is 37.5 Å². The molecule has 0 bridgehead atoms. The summed E-state index contributed by atoms with van der Waals surface area (Å²) in [5.74, 6) is 2.83. The van der Waals surface area contributed by atoms with E-state index in [1.54, 1.807) is 0 Å². The standard InChI is InChI=1S/C19H28N4OS/c1-12-5-6-23(14(12)3)18-17-13(2)15(4)25-19(17)21-16(20-18)11-22-7-9-24-10-8-22/h12,14H,5-11H2,1-4H3. The number of hydrogen-bond acceptors (Lipinski definition) is 6. The molecule has 4 heterocycles. The second kappa shape index (κ2) is 6.82. The first-order valence-electron chi connectivity index (χ1n) is 9.38. The molecule has 2 aliphatic rings. The number of aromatic nitrogens is 2. The zero-order chi connectivity index (χ0) is 17.6. The fourth-order valence-electron chi connectivity index (χ4n) is 3.90. The summed E-state index contributed by atoms with van der Waals surface area (Å²) in [5.41, 5.74) is 1.35. The lowest BCUT2D eigenvalue weighted by Gasteiger charge is -2.28.